The van der Waals surface area contributed by atoms with E-state index in [1.54, 1.807) is 18.2 Å². The van der Waals surface area contributed by atoms with E-state index in [9.17, 15) is 0 Å². The molecule has 1 aromatic carbocycles. The predicted molar refractivity (Wildman–Crippen MR) is 45.4 cm³/mol. The fourth-order valence-corrected chi connectivity index (χ4v) is 0.720. The van der Waals surface area contributed by atoms with Crippen LogP contribution in [0.5, 0.6) is 0 Å². The first-order valence-corrected chi connectivity index (χ1v) is 3.01. The Morgan fingerprint density at radius 3 is 2.40 bits per heavy atom. The summed E-state index contributed by atoms with van der Waals surface area (Å²) in [5.41, 5.74) is 13.2. The molecule has 0 fully saturated rings. The molecular formula is C8H10N2. The highest BCUT2D eigenvalue weighted by Crippen LogP contribution is 2.15. The largest absolute Gasteiger partial charge is 0.397 e. The van der Waals surface area contributed by atoms with Gasteiger partial charge in [0.15, 0.2) is 0 Å². The molecule has 2 heteroatoms. The van der Waals surface area contributed by atoms with E-state index in [-0.39, 0.29) is 0 Å². The third-order valence-electron chi connectivity index (χ3n) is 1.35. The van der Waals surface area contributed by atoms with E-state index < -0.39 is 0 Å². The van der Waals surface area contributed by atoms with Gasteiger partial charge in [-0.25, -0.2) is 0 Å². The zero-order chi connectivity index (χ0) is 7.56. The average Bonchev–Trinajstić information content (AvgIpc) is 1.95. The quantitative estimate of drug-likeness (QED) is 0.572. The fraction of sp³-hybridized carbons (Fsp3) is 0. The maximum atomic E-state index is 5.52. The van der Waals surface area contributed by atoms with Gasteiger partial charge in [-0.2, -0.15) is 0 Å². The number of anilines is 2. The molecule has 0 saturated heterocycles. The first-order chi connectivity index (χ1) is 4.74. The molecule has 0 bridgehead atoms. The molecule has 0 amide bonds. The maximum absolute atomic E-state index is 5.52. The number of hydrogen-bond donors (Lipinski definition) is 2. The van der Waals surface area contributed by atoms with Crippen LogP contribution in [0, 0.1) is 0 Å². The molecule has 0 aliphatic heterocycles. The Balaban J connectivity index is 3.16. The monoisotopic (exact) mass is 134 g/mol. The Hall–Kier alpha value is -1.44. The van der Waals surface area contributed by atoms with Crippen LogP contribution in [-0.4, -0.2) is 0 Å². The van der Waals surface area contributed by atoms with Crippen LogP contribution in [0.15, 0.2) is 24.8 Å². The lowest BCUT2D eigenvalue weighted by molar-refractivity contribution is 1.63. The molecule has 1 aromatic rings. The van der Waals surface area contributed by atoms with Gasteiger partial charge in [0, 0.05) is 0 Å². The summed E-state index contributed by atoms with van der Waals surface area (Å²) in [7, 11) is 0. The van der Waals surface area contributed by atoms with E-state index in [1.165, 1.54) is 0 Å². The van der Waals surface area contributed by atoms with Crippen molar-refractivity contribution < 1.29 is 0 Å². The Morgan fingerprint density at radius 1 is 1.20 bits per heavy atom. The van der Waals surface area contributed by atoms with E-state index in [0.29, 0.717) is 11.4 Å². The summed E-state index contributed by atoms with van der Waals surface area (Å²) in [4.78, 5) is 0. The number of benzene rings is 1. The van der Waals surface area contributed by atoms with Gasteiger partial charge in [-0.15, -0.1) is 0 Å². The van der Waals surface area contributed by atoms with Gasteiger partial charge in [0.1, 0.15) is 0 Å². The van der Waals surface area contributed by atoms with E-state index in [0.717, 1.165) is 5.56 Å². The van der Waals surface area contributed by atoms with E-state index in [4.69, 9.17) is 11.5 Å². The Bertz CT molecular complexity index is 253. The SMILES string of the molecule is C=Cc1ccc(N)c(N)c1. The number of nitrogen functional groups attached to an aromatic ring is 2. The molecule has 0 aliphatic rings. The Labute approximate surface area is 60.2 Å². The van der Waals surface area contributed by atoms with Crippen molar-refractivity contribution in [2.75, 3.05) is 11.5 Å². The molecule has 1 rings (SSSR count). The van der Waals surface area contributed by atoms with E-state index >= 15 is 0 Å². The third-order valence-corrected chi connectivity index (χ3v) is 1.35. The minimum atomic E-state index is 0.609. The first-order valence-electron chi connectivity index (χ1n) is 3.01. The number of rotatable bonds is 1. The van der Waals surface area contributed by atoms with Crippen molar-refractivity contribution >= 4 is 17.5 Å². The van der Waals surface area contributed by atoms with Crippen LogP contribution >= 0.6 is 0 Å². The van der Waals surface area contributed by atoms with Crippen LogP contribution in [0.1, 0.15) is 5.56 Å². The molecule has 0 aromatic heterocycles. The van der Waals surface area contributed by atoms with Gasteiger partial charge < -0.3 is 11.5 Å². The molecule has 0 spiro atoms. The van der Waals surface area contributed by atoms with E-state index in [1.807, 2.05) is 6.07 Å². The van der Waals surface area contributed by atoms with Gasteiger partial charge in [-0.3, -0.25) is 0 Å². The first kappa shape index (κ1) is 6.68. The van der Waals surface area contributed by atoms with Crippen molar-refractivity contribution in [3.05, 3.63) is 30.3 Å². The molecule has 4 N–H and O–H groups in total. The second kappa shape index (κ2) is 2.43. The van der Waals surface area contributed by atoms with Crippen LogP contribution in [0.25, 0.3) is 6.08 Å². The highest BCUT2D eigenvalue weighted by molar-refractivity contribution is 5.67. The highest BCUT2D eigenvalue weighted by Gasteiger charge is 1.91. The highest BCUT2D eigenvalue weighted by atomic mass is 14.7. The zero-order valence-electron chi connectivity index (χ0n) is 5.67. The van der Waals surface area contributed by atoms with Gasteiger partial charge >= 0.3 is 0 Å². The van der Waals surface area contributed by atoms with Crippen molar-refractivity contribution in [1.82, 2.24) is 0 Å². The van der Waals surface area contributed by atoms with Gasteiger partial charge in [0.2, 0.25) is 0 Å². The summed E-state index contributed by atoms with van der Waals surface area (Å²) in [6.45, 7) is 3.61. The van der Waals surface area contributed by atoms with Crippen molar-refractivity contribution in [1.29, 1.82) is 0 Å². The Kier molecular flexibility index (Phi) is 1.63. The fourth-order valence-electron chi connectivity index (χ4n) is 0.720. The van der Waals surface area contributed by atoms with Crippen molar-refractivity contribution in [3.8, 4) is 0 Å². The van der Waals surface area contributed by atoms with Gasteiger partial charge in [0.05, 0.1) is 11.4 Å². The van der Waals surface area contributed by atoms with Crippen LogP contribution < -0.4 is 11.5 Å². The topological polar surface area (TPSA) is 52.0 Å². The Morgan fingerprint density at radius 2 is 1.90 bits per heavy atom. The smallest absolute Gasteiger partial charge is 0.0553 e. The molecule has 0 radical (unpaired) electrons. The molecular weight excluding hydrogens is 124 g/mol. The molecule has 0 heterocycles. The molecule has 2 nitrogen and oxygen atoms in total. The third kappa shape index (κ3) is 1.10. The van der Waals surface area contributed by atoms with E-state index in [2.05, 4.69) is 6.58 Å². The second-order valence-corrected chi connectivity index (χ2v) is 2.09. The lowest BCUT2D eigenvalue weighted by Gasteiger charge is -1.99. The second-order valence-electron chi connectivity index (χ2n) is 2.09. The lowest BCUT2D eigenvalue weighted by atomic mass is 10.2. The van der Waals surface area contributed by atoms with Crippen molar-refractivity contribution in [2.45, 2.75) is 0 Å². The number of nitrogens with two attached hydrogens (primary N) is 2. The summed E-state index contributed by atoms with van der Waals surface area (Å²) in [5, 5.41) is 0. The van der Waals surface area contributed by atoms with Crippen LogP contribution in [0.2, 0.25) is 0 Å². The summed E-state index contributed by atoms with van der Waals surface area (Å²) < 4.78 is 0. The van der Waals surface area contributed by atoms with Crippen molar-refractivity contribution in [2.24, 2.45) is 0 Å². The predicted octanol–water partition coefficient (Wildman–Crippen LogP) is 1.49. The molecule has 52 valence electrons. The summed E-state index contributed by atoms with van der Waals surface area (Å²) in [6, 6.07) is 5.44. The molecule has 0 atom stereocenters. The van der Waals surface area contributed by atoms with Gasteiger partial charge in [0.25, 0.3) is 0 Å². The standard InChI is InChI=1S/C8H10N2/c1-2-6-3-4-7(9)8(10)5-6/h2-5H,1,9-10H2. The molecule has 0 aliphatic carbocycles. The van der Waals surface area contributed by atoms with Gasteiger partial charge in [-0.05, 0) is 17.7 Å². The van der Waals surface area contributed by atoms with Crippen LogP contribution in [0.4, 0.5) is 11.4 Å². The zero-order valence-corrected chi connectivity index (χ0v) is 5.67. The molecule has 0 unspecified atom stereocenters. The van der Waals surface area contributed by atoms with Gasteiger partial charge in [-0.1, -0.05) is 18.7 Å². The summed E-state index contributed by atoms with van der Waals surface area (Å²) >= 11 is 0. The van der Waals surface area contributed by atoms with Crippen LogP contribution in [-0.2, 0) is 0 Å². The number of hydrogen-bond acceptors (Lipinski definition) is 2. The van der Waals surface area contributed by atoms with Crippen molar-refractivity contribution in [3.63, 3.8) is 0 Å². The minimum absolute atomic E-state index is 0.609. The average molecular weight is 134 g/mol. The minimum Gasteiger partial charge on any atom is -0.397 e. The normalized spacial score (nSPS) is 9.20. The molecule has 0 saturated carbocycles. The lowest BCUT2D eigenvalue weighted by Crippen LogP contribution is -1.93. The summed E-state index contributed by atoms with van der Waals surface area (Å²) in [5.74, 6) is 0. The molecule has 10 heavy (non-hydrogen) atoms. The summed E-state index contributed by atoms with van der Waals surface area (Å²) in [6.07, 6.45) is 1.73. The maximum Gasteiger partial charge on any atom is 0.0553 e. The van der Waals surface area contributed by atoms with Crippen LogP contribution in [0.3, 0.4) is 0 Å².